The van der Waals surface area contributed by atoms with Crippen LogP contribution in [0, 0.1) is 5.92 Å². The van der Waals surface area contributed by atoms with Crippen LogP contribution < -0.4 is 0 Å². The lowest BCUT2D eigenvalue weighted by Crippen LogP contribution is -2.25. The highest BCUT2D eigenvalue weighted by molar-refractivity contribution is 5.69. The normalized spacial score (nSPS) is 12.7. The maximum Gasteiger partial charge on any atom is 0.305 e. The zero-order valence-corrected chi connectivity index (χ0v) is 32.5. The molecule has 6 heteroatoms. The number of allylic oxidation sites excluding steroid dienone is 8. The molecule has 0 rings (SSSR count). The van der Waals surface area contributed by atoms with Crippen LogP contribution in [0.4, 0.5) is 0 Å². The highest BCUT2D eigenvalue weighted by Crippen LogP contribution is 2.15. The first-order chi connectivity index (χ1) is 24.5. The maximum absolute atomic E-state index is 12.0. The fourth-order valence-corrected chi connectivity index (χ4v) is 5.65. The summed E-state index contributed by atoms with van der Waals surface area (Å²) >= 11 is 0. The minimum Gasteiger partial charge on any atom is -0.463 e. The van der Waals surface area contributed by atoms with E-state index in [2.05, 4.69) is 62.5 Å². The molecule has 0 bridgehead atoms. The van der Waals surface area contributed by atoms with Gasteiger partial charge in [0, 0.05) is 19.4 Å². The van der Waals surface area contributed by atoms with Gasteiger partial charge in [-0.3, -0.25) is 9.59 Å². The molecule has 0 saturated carbocycles. The van der Waals surface area contributed by atoms with E-state index in [9.17, 15) is 14.7 Å². The third-order valence-corrected chi connectivity index (χ3v) is 8.80. The van der Waals surface area contributed by atoms with E-state index in [0.29, 0.717) is 25.9 Å². The van der Waals surface area contributed by atoms with Gasteiger partial charge in [-0.1, -0.05) is 165 Å². The number of carbonyl (C=O) groups excluding carboxylic acids is 2. The Kier molecular flexibility index (Phi) is 37.9. The van der Waals surface area contributed by atoms with Gasteiger partial charge in [0.1, 0.15) is 19.3 Å². The molecule has 290 valence electrons. The van der Waals surface area contributed by atoms with E-state index < -0.39 is 6.10 Å². The predicted molar refractivity (Wildman–Crippen MR) is 211 cm³/mol. The molecule has 0 aromatic rings. The van der Waals surface area contributed by atoms with Crippen molar-refractivity contribution in [2.24, 2.45) is 5.92 Å². The smallest absolute Gasteiger partial charge is 0.305 e. The summed E-state index contributed by atoms with van der Waals surface area (Å²) in [4.78, 5) is 23.9. The standard InChI is InChI=1S/C44H78O6/c1-41(2)35-31-27-23-19-15-11-7-6-9-13-17-21-25-29-33-37-44(48)50-40-42(46)39-49-43(47)36-32-28-24-20-16-12-8-4-3-5-10-14-18-22-26-30-34-38-45/h3,5,8,12,14,18,20,24,41-42,45-46H,4,6-7,9-11,13,15-17,19,21-23,25-40H2,1-2H3/b5-3-,12-8-,18-14-,24-20-/t42-/m1/s1. The number of aliphatic hydroxyl groups excluding tert-OH is 2. The summed E-state index contributed by atoms with van der Waals surface area (Å²) in [6, 6.07) is 0. The van der Waals surface area contributed by atoms with E-state index in [4.69, 9.17) is 14.6 Å². The SMILES string of the molecule is CC(C)CCCCCCCCCCCCCCCCCC(=O)OC[C@H](O)COC(=O)CCC/C=C\C/C=C\C/C=C\C/C=C\CCCCCO. The minimum absolute atomic E-state index is 0.139. The Balaban J connectivity index is 3.51. The lowest BCUT2D eigenvalue weighted by molar-refractivity contribution is -0.152. The summed E-state index contributed by atoms with van der Waals surface area (Å²) in [6.07, 6.45) is 46.1. The second kappa shape index (κ2) is 39.6. The summed E-state index contributed by atoms with van der Waals surface area (Å²) < 4.78 is 10.3. The minimum atomic E-state index is -0.992. The fourth-order valence-electron chi connectivity index (χ4n) is 5.65. The van der Waals surface area contributed by atoms with Crippen LogP contribution in [0.3, 0.4) is 0 Å². The van der Waals surface area contributed by atoms with Gasteiger partial charge in [0.25, 0.3) is 0 Å². The van der Waals surface area contributed by atoms with Gasteiger partial charge in [-0.25, -0.2) is 0 Å². The van der Waals surface area contributed by atoms with Crippen LogP contribution in [-0.4, -0.2) is 48.1 Å². The van der Waals surface area contributed by atoms with Crippen molar-refractivity contribution in [3.63, 3.8) is 0 Å². The van der Waals surface area contributed by atoms with Gasteiger partial charge in [0.2, 0.25) is 0 Å². The number of esters is 2. The molecule has 0 aliphatic heterocycles. The fraction of sp³-hybridized carbons (Fsp3) is 0.773. The van der Waals surface area contributed by atoms with Crippen LogP contribution >= 0.6 is 0 Å². The Hall–Kier alpha value is -2.18. The number of unbranched alkanes of at least 4 members (excludes halogenated alkanes) is 18. The Morgan fingerprint density at radius 3 is 1.28 bits per heavy atom. The third-order valence-electron chi connectivity index (χ3n) is 8.80. The van der Waals surface area contributed by atoms with Gasteiger partial charge in [-0.2, -0.15) is 0 Å². The van der Waals surface area contributed by atoms with Gasteiger partial charge in [0.15, 0.2) is 0 Å². The molecule has 6 nitrogen and oxygen atoms in total. The largest absolute Gasteiger partial charge is 0.463 e. The van der Waals surface area contributed by atoms with Crippen LogP contribution in [0.5, 0.6) is 0 Å². The van der Waals surface area contributed by atoms with Crippen LogP contribution in [0.2, 0.25) is 0 Å². The van der Waals surface area contributed by atoms with E-state index in [1.165, 1.54) is 83.5 Å². The van der Waals surface area contributed by atoms with Crippen LogP contribution in [0.15, 0.2) is 48.6 Å². The molecule has 0 amide bonds. The van der Waals surface area contributed by atoms with E-state index >= 15 is 0 Å². The summed E-state index contributed by atoms with van der Waals surface area (Å²) in [5.41, 5.74) is 0. The topological polar surface area (TPSA) is 93.1 Å². The van der Waals surface area contributed by atoms with Crippen molar-refractivity contribution in [1.82, 2.24) is 0 Å². The van der Waals surface area contributed by atoms with Crippen molar-refractivity contribution in [2.75, 3.05) is 19.8 Å². The van der Waals surface area contributed by atoms with E-state index in [-0.39, 0.29) is 25.2 Å². The molecular weight excluding hydrogens is 624 g/mol. The Morgan fingerprint density at radius 2 is 0.840 bits per heavy atom. The number of hydrogen-bond acceptors (Lipinski definition) is 6. The Morgan fingerprint density at radius 1 is 0.480 bits per heavy atom. The first kappa shape index (κ1) is 47.8. The van der Waals surface area contributed by atoms with Crippen LogP contribution in [0.25, 0.3) is 0 Å². The summed E-state index contributed by atoms with van der Waals surface area (Å²) in [7, 11) is 0. The Labute approximate surface area is 308 Å². The molecule has 0 aliphatic carbocycles. The molecule has 0 aromatic carbocycles. The van der Waals surface area contributed by atoms with Gasteiger partial charge in [0.05, 0.1) is 0 Å². The molecule has 0 radical (unpaired) electrons. The average Bonchev–Trinajstić information content (AvgIpc) is 3.10. The molecule has 0 spiro atoms. The second-order valence-electron chi connectivity index (χ2n) is 14.3. The zero-order chi connectivity index (χ0) is 36.6. The summed E-state index contributed by atoms with van der Waals surface area (Å²) in [5.74, 6) is 0.211. The molecule has 0 fully saturated rings. The van der Waals surface area contributed by atoms with Crippen molar-refractivity contribution >= 4 is 11.9 Å². The van der Waals surface area contributed by atoms with Crippen molar-refractivity contribution in [3.05, 3.63) is 48.6 Å². The molecule has 1 atom stereocenters. The quantitative estimate of drug-likeness (QED) is 0.0380. The number of rotatable bonds is 37. The van der Waals surface area contributed by atoms with E-state index in [1.807, 2.05) is 0 Å². The van der Waals surface area contributed by atoms with Crippen molar-refractivity contribution < 1.29 is 29.3 Å². The monoisotopic (exact) mass is 703 g/mol. The highest BCUT2D eigenvalue weighted by Gasteiger charge is 2.12. The zero-order valence-electron chi connectivity index (χ0n) is 32.5. The molecular formula is C44H78O6. The number of ether oxygens (including phenoxy) is 2. The van der Waals surface area contributed by atoms with E-state index in [0.717, 1.165) is 76.5 Å². The predicted octanol–water partition coefficient (Wildman–Crippen LogP) is 11.8. The summed E-state index contributed by atoms with van der Waals surface area (Å²) in [5, 5.41) is 18.8. The molecule has 0 heterocycles. The van der Waals surface area contributed by atoms with Gasteiger partial charge in [-0.05, 0) is 63.7 Å². The Bertz CT molecular complexity index is 859. The maximum atomic E-state index is 12.0. The highest BCUT2D eigenvalue weighted by atomic mass is 16.6. The molecule has 2 N–H and O–H groups in total. The van der Waals surface area contributed by atoms with Gasteiger partial charge < -0.3 is 19.7 Å². The lowest BCUT2D eigenvalue weighted by atomic mass is 10.0. The number of carbonyl (C=O) groups is 2. The number of aliphatic hydroxyl groups is 2. The van der Waals surface area contributed by atoms with Crippen molar-refractivity contribution in [1.29, 1.82) is 0 Å². The molecule has 0 aromatic heterocycles. The van der Waals surface area contributed by atoms with Gasteiger partial charge >= 0.3 is 11.9 Å². The van der Waals surface area contributed by atoms with Crippen molar-refractivity contribution in [2.45, 2.75) is 193 Å². The van der Waals surface area contributed by atoms with Crippen molar-refractivity contribution in [3.8, 4) is 0 Å². The lowest BCUT2D eigenvalue weighted by Gasteiger charge is -2.12. The molecule has 0 aliphatic rings. The first-order valence-corrected chi connectivity index (χ1v) is 20.7. The number of hydrogen-bond donors (Lipinski definition) is 2. The summed E-state index contributed by atoms with van der Waals surface area (Å²) in [6.45, 7) is 4.63. The molecule has 0 saturated heterocycles. The first-order valence-electron chi connectivity index (χ1n) is 20.7. The molecule has 0 unspecified atom stereocenters. The second-order valence-corrected chi connectivity index (χ2v) is 14.3. The molecule has 50 heavy (non-hydrogen) atoms. The van der Waals surface area contributed by atoms with Gasteiger partial charge in [-0.15, -0.1) is 0 Å². The van der Waals surface area contributed by atoms with E-state index in [1.54, 1.807) is 0 Å². The third kappa shape index (κ3) is 40.3. The average molecular weight is 703 g/mol. The van der Waals surface area contributed by atoms with Crippen LogP contribution in [0.1, 0.15) is 187 Å². The van der Waals surface area contributed by atoms with Crippen LogP contribution in [-0.2, 0) is 19.1 Å².